The van der Waals surface area contributed by atoms with E-state index in [0.717, 1.165) is 77.2 Å². The minimum absolute atomic E-state index is 0.00463. The lowest BCUT2D eigenvalue weighted by Gasteiger charge is -2.22. The van der Waals surface area contributed by atoms with Crippen LogP contribution in [0.15, 0.2) is 0 Å². The fourth-order valence-corrected chi connectivity index (χ4v) is 7.05. The van der Waals surface area contributed by atoms with E-state index in [-0.39, 0.29) is 88.2 Å². The van der Waals surface area contributed by atoms with Gasteiger partial charge in [0.1, 0.15) is 35.8 Å². The van der Waals surface area contributed by atoms with E-state index in [2.05, 4.69) is 37.2 Å². The van der Waals surface area contributed by atoms with Crippen molar-refractivity contribution in [1.29, 1.82) is 0 Å². The zero-order valence-corrected chi connectivity index (χ0v) is 63.0. The predicted octanol–water partition coefficient (Wildman–Crippen LogP) is 14.0. The molecule has 3 fully saturated rings. The molecule has 90 heavy (non-hydrogen) atoms. The molecule has 20 heteroatoms. The summed E-state index contributed by atoms with van der Waals surface area (Å²) in [6, 6.07) is 0. The second-order valence-corrected chi connectivity index (χ2v) is 28.3. The molecule has 2 heterocycles. The summed E-state index contributed by atoms with van der Waals surface area (Å²) in [7, 11) is 1.83. The molecule has 0 aromatic rings. The van der Waals surface area contributed by atoms with Crippen LogP contribution in [0.4, 0.5) is 0 Å². The van der Waals surface area contributed by atoms with E-state index in [0.29, 0.717) is 74.4 Å². The van der Waals surface area contributed by atoms with Crippen molar-refractivity contribution < 1.29 is 84.7 Å². The van der Waals surface area contributed by atoms with E-state index in [1.54, 1.807) is 69.6 Å². The molecular weight excluding hydrogens is 1170 g/mol. The minimum Gasteiger partial charge on any atom is -0.469 e. The highest BCUT2D eigenvalue weighted by Gasteiger charge is 2.25. The zero-order chi connectivity index (χ0) is 71.7. The normalized spacial score (nSPS) is 13.2. The predicted molar refractivity (Wildman–Crippen MR) is 364 cm³/mol. The Balaban J connectivity index is -0.000000171. The number of nitrogens with zero attached hydrogens (tertiary/aromatic N) is 1. The van der Waals surface area contributed by atoms with Crippen molar-refractivity contribution in [1.82, 2.24) is 4.90 Å². The molecule has 2 aliphatic heterocycles. The Morgan fingerprint density at radius 1 is 0.489 bits per heavy atom. The van der Waals surface area contributed by atoms with Gasteiger partial charge in [0.15, 0.2) is 9.84 Å². The highest BCUT2D eigenvalue weighted by atomic mass is 32.2. The summed E-state index contributed by atoms with van der Waals surface area (Å²) in [4.78, 5) is 99.2. The van der Waals surface area contributed by atoms with Crippen molar-refractivity contribution in [2.75, 3.05) is 79.8 Å². The summed E-state index contributed by atoms with van der Waals surface area (Å²) in [5.74, 6) is 3.92. The van der Waals surface area contributed by atoms with Crippen molar-refractivity contribution in [3.8, 4) is 0 Å². The minimum atomic E-state index is -2.74. The third kappa shape index (κ3) is 71.3. The van der Waals surface area contributed by atoms with Gasteiger partial charge in [0, 0.05) is 102 Å². The molecule has 0 aromatic carbocycles. The molecule has 0 aromatic heterocycles. The number of esters is 4. The van der Waals surface area contributed by atoms with E-state index in [9.17, 15) is 51.6 Å². The number of ketones is 4. The van der Waals surface area contributed by atoms with Crippen LogP contribution in [0, 0.1) is 59.2 Å². The molecule has 1 aliphatic carbocycles. The molecule has 0 radical (unpaired) electrons. The third-order valence-electron chi connectivity index (χ3n) is 12.7. The number of carbonyl (C=O) groups is 9. The maximum atomic E-state index is 11.4. The van der Waals surface area contributed by atoms with Crippen LogP contribution in [0.5, 0.6) is 0 Å². The van der Waals surface area contributed by atoms with E-state index >= 15 is 0 Å². The van der Waals surface area contributed by atoms with Gasteiger partial charge in [-0.2, -0.15) is 0 Å². The number of hydrogen-bond donors (Lipinski definition) is 0. The average molecular weight is 1310 g/mol. The van der Waals surface area contributed by atoms with Crippen molar-refractivity contribution in [3.63, 3.8) is 0 Å². The first-order valence-corrected chi connectivity index (χ1v) is 35.2. The van der Waals surface area contributed by atoms with Crippen LogP contribution >= 0.6 is 0 Å². The fraction of sp³-hybridized carbons (Fsp3) is 0.871. The van der Waals surface area contributed by atoms with Gasteiger partial charge in [0.25, 0.3) is 0 Å². The number of ether oxygens (including phenoxy) is 7. The van der Waals surface area contributed by atoms with E-state index in [1.807, 2.05) is 88.0 Å². The van der Waals surface area contributed by atoms with Gasteiger partial charge in [-0.3, -0.25) is 43.2 Å². The summed E-state index contributed by atoms with van der Waals surface area (Å²) < 4.78 is 55.0. The highest BCUT2D eigenvalue weighted by molar-refractivity contribution is 7.91. The standard InChI is InChI=1S/C9H17NO.C9H16O3.C8H14O.C8H16O.C7H14O3.C7H14O2.C6H12O2.C6H12O.C5H12O2S.C5H10O2/c1-8(2)7-9(11)10-5-3-4-6-10;1-7(2)9(10)12-8-3-5-11-6-4-8;1-6(2)8(9)5-7-3-4-7;1-4-5-8(9)6-7(2)3;1-6(2)7(8)10-5-4-9-3;1-6(2)7(8)4-5-9-3;1-4-8-6(7)5(2)3;1-4-6(7)5(2)3;1-4-8(6,7)5(2)3;1-4(2)5(6)7-3/h8H,3-7H2,1-2H3;7-8H,3-6H2,1-2H3;6-7H,3-5H2,1-2H3;7H,4-6H2,1-3H3;6H,4-5H2,1-3H3;6H,4-5H2,1-3H3;5H,4H2,1-3H3;5H,4H2,1-3H3;5H,4H2,1-3H3;4H,1-3H3. The first-order valence-electron chi connectivity index (χ1n) is 33.4. The molecule has 19 nitrogen and oxygen atoms in total. The van der Waals surface area contributed by atoms with E-state index < -0.39 is 9.84 Å². The second kappa shape index (κ2) is 63.6. The smallest absolute Gasteiger partial charge is 0.308 e. The summed E-state index contributed by atoms with van der Waals surface area (Å²) in [6.45, 7) is 50.5. The van der Waals surface area contributed by atoms with Crippen molar-refractivity contribution in [2.45, 2.75) is 261 Å². The topological polar surface area (TPSA) is 256 Å². The quantitative estimate of drug-likeness (QED) is 0.0443. The van der Waals surface area contributed by atoms with Crippen molar-refractivity contribution in [2.24, 2.45) is 59.2 Å². The van der Waals surface area contributed by atoms with Crippen LogP contribution in [-0.2, 0) is 86.1 Å². The SMILES string of the molecule is CC(C)C(=O)CC1CC1.CC(C)C(=O)OC1CCOCC1.CC(C)CC(=O)N1CCCC1.CCC(=O)C(C)C.CCCC(=O)CC(C)C.CCOC(=O)C(C)C.CCS(=O)(=O)C(C)C.COC(=O)C(C)C.COCCC(=O)C(C)C.COCCOC(=O)C(C)C. The summed E-state index contributed by atoms with van der Waals surface area (Å²) in [5, 5.41) is -0.215. The largest absolute Gasteiger partial charge is 0.469 e. The molecule has 0 bridgehead atoms. The molecule has 1 amide bonds. The second-order valence-electron chi connectivity index (χ2n) is 25.5. The van der Waals surface area contributed by atoms with Gasteiger partial charge in [0.05, 0.1) is 69.1 Å². The third-order valence-corrected chi connectivity index (χ3v) is 14.9. The molecule has 3 rings (SSSR count). The lowest BCUT2D eigenvalue weighted by molar-refractivity contribution is -0.157. The van der Waals surface area contributed by atoms with Crippen LogP contribution in [0.2, 0.25) is 0 Å². The fourth-order valence-electron chi connectivity index (χ4n) is 6.39. The maximum Gasteiger partial charge on any atom is 0.308 e. The average Bonchev–Trinajstić information content (AvgIpc) is 4.34. The van der Waals surface area contributed by atoms with Crippen LogP contribution < -0.4 is 0 Å². The summed E-state index contributed by atoms with van der Waals surface area (Å²) >= 11 is 0. The van der Waals surface area contributed by atoms with Crippen LogP contribution in [0.25, 0.3) is 0 Å². The summed E-state index contributed by atoms with van der Waals surface area (Å²) in [5.41, 5.74) is 0. The molecule has 0 N–H and O–H groups in total. The van der Waals surface area contributed by atoms with Gasteiger partial charge in [-0.25, -0.2) is 8.42 Å². The Morgan fingerprint density at radius 3 is 1.20 bits per heavy atom. The Labute approximate surface area is 550 Å². The molecule has 1 saturated carbocycles. The van der Waals surface area contributed by atoms with Crippen LogP contribution in [-0.4, -0.2) is 157 Å². The Hall–Kier alpha value is -4.14. The van der Waals surface area contributed by atoms with Crippen LogP contribution in [0.3, 0.4) is 0 Å². The lowest BCUT2D eigenvalue weighted by atomic mass is 10.0. The highest BCUT2D eigenvalue weighted by Crippen LogP contribution is 2.33. The van der Waals surface area contributed by atoms with Gasteiger partial charge < -0.3 is 38.1 Å². The Kier molecular flexibility index (Phi) is 70.3. The Morgan fingerprint density at radius 2 is 0.922 bits per heavy atom. The van der Waals surface area contributed by atoms with Gasteiger partial charge in [0.2, 0.25) is 5.91 Å². The Bertz CT molecular complexity index is 1910. The summed E-state index contributed by atoms with van der Waals surface area (Å²) in [6.07, 6.45) is 12.1. The maximum absolute atomic E-state index is 11.4. The first-order chi connectivity index (χ1) is 41.7. The molecular formula is C70H137NO18S. The number of amides is 1. The number of hydrogen-bond acceptors (Lipinski definition) is 18. The molecule has 3 aliphatic rings. The number of sulfone groups is 1. The molecule has 0 atom stereocenters. The number of methoxy groups -OCH3 is 3. The molecule has 2 saturated heterocycles. The molecule has 0 spiro atoms. The number of rotatable bonds is 26. The van der Waals surface area contributed by atoms with Crippen molar-refractivity contribution >= 4 is 62.8 Å². The van der Waals surface area contributed by atoms with E-state index in [1.165, 1.54) is 32.8 Å². The zero-order valence-electron chi connectivity index (χ0n) is 62.2. The number of carbonyl (C=O) groups excluding carboxylic acids is 9. The van der Waals surface area contributed by atoms with Crippen LogP contribution in [0.1, 0.15) is 250 Å². The van der Waals surface area contributed by atoms with E-state index in [4.69, 9.17) is 23.7 Å². The van der Waals surface area contributed by atoms with Crippen molar-refractivity contribution in [3.05, 3.63) is 0 Å². The van der Waals surface area contributed by atoms with Gasteiger partial charge in [-0.15, -0.1) is 0 Å². The number of likely N-dealkylation sites (tertiary alicyclic amines) is 1. The van der Waals surface area contributed by atoms with Gasteiger partial charge in [-0.05, 0) is 70.6 Å². The van der Waals surface area contributed by atoms with Gasteiger partial charge >= 0.3 is 23.9 Å². The lowest BCUT2D eigenvalue weighted by Crippen LogP contribution is -2.28. The molecule has 0 unspecified atom stereocenters. The van der Waals surface area contributed by atoms with Gasteiger partial charge in [-0.1, -0.05) is 145 Å². The number of Topliss-reactive ketones (excluding diaryl/α,β-unsaturated/α-hetero) is 4. The first kappa shape index (κ1) is 99.4. The monoisotopic (exact) mass is 1310 g/mol. The molecule has 536 valence electrons.